The molecule has 0 rings (SSSR count). The maximum Gasteiger partial charge on any atom is 0.472 e. The third-order valence-corrected chi connectivity index (χ3v) is 12.3. The zero-order chi connectivity index (χ0) is 46.3. The second kappa shape index (κ2) is 40.1. The summed E-state index contributed by atoms with van der Waals surface area (Å²) >= 11 is 0. The maximum absolute atomic E-state index is 12.7. The minimum atomic E-state index is -4.88. The van der Waals surface area contributed by atoms with E-state index >= 15 is 0 Å². The molecule has 17 heteroatoms. The van der Waals surface area contributed by atoms with Gasteiger partial charge < -0.3 is 39.5 Å². The molecule has 0 bridgehead atoms. The molecule has 0 aliphatic rings. The quantitative estimate of drug-likeness (QED) is 0.0144. The van der Waals surface area contributed by atoms with E-state index in [2.05, 4.69) is 35.9 Å². The van der Waals surface area contributed by atoms with Crippen molar-refractivity contribution in [3.05, 3.63) is 12.2 Å². The largest absolute Gasteiger partial charge is 0.472 e. The van der Waals surface area contributed by atoms with Crippen LogP contribution in [0.15, 0.2) is 12.2 Å². The number of allylic oxidation sites excluding steroid dienone is 1. The molecule has 0 saturated heterocycles. The Morgan fingerprint density at radius 3 is 1.56 bits per heavy atom. The van der Waals surface area contributed by atoms with Crippen molar-refractivity contribution in [2.75, 3.05) is 26.4 Å². The van der Waals surface area contributed by atoms with Gasteiger partial charge in [0.25, 0.3) is 0 Å². The molecule has 15 nitrogen and oxygen atoms in total. The summed E-state index contributed by atoms with van der Waals surface area (Å²) in [6.07, 6.45) is 27.9. The summed E-state index contributed by atoms with van der Waals surface area (Å²) in [5.41, 5.74) is 0. The van der Waals surface area contributed by atoms with Crippen LogP contribution in [0, 0.1) is 5.92 Å². The van der Waals surface area contributed by atoms with Crippen molar-refractivity contribution in [3.8, 4) is 0 Å². The monoisotopic (exact) mass is 931 g/mol. The summed E-state index contributed by atoms with van der Waals surface area (Å²) in [5.74, 6) is -0.281. The predicted octanol–water partition coefficient (Wildman–Crippen LogP) is 10.3. The number of hydrogen-bond acceptors (Lipinski definition) is 12. The van der Waals surface area contributed by atoms with Gasteiger partial charge in [-0.3, -0.25) is 23.2 Å². The Bertz CT molecular complexity index is 1200. The lowest BCUT2D eigenvalue weighted by atomic mass is 9.99. The fraction of sp³-hybridized carbons (Fsp3) is 0.911. The number of aliphatic hydroxyl groups excluding tert-OH is 3. The van der Waals surface area contributed by atoms with E-state index < -0.39 is 78.4 Å². The van der Waals surface area contributed by atoms with E-state index in [-0.39, 0.29) is 12.8 Å². The molecule has 0 radical (unpaired) electrons. The molecule has 6 atom stereocenters. The Hall–Kier alpha value is -1.22. The molecule has 0 aliphatic carbocycles. The van der Waals surface area contributed by atoms with Crippen molar-refractivity contribution in [2.45, 2.75) is 231 Å². The first-order chi connectivity index (χ1) is 29.6. The summed E-state index contributed by atoms with van der Waals surface area (Å²) in [6.45, 7) is 3.92. The molecule has 0 heterocycles. The van der Waals surface area contributed by atoms with Crippen molar-refractivity contribution in [1.82, 2.24) is 0 Å². The van der Waals surface area contributed by atoms with Crippen LogP contribution in [0.25, 0.3) is 0 Å². The molecule has 0 aliphatic heterocycles. The number of hydrogen-bond donors (Lipinski definition) is 6. The first kappa shape index (κ1) is 60.8. The van der Waals surface area contributed by atoms with Gasteiger partial charge in [-0.2, -0.15) is 0 Å². The molecule has 0 aromatic carbocycles. The molecule has 6 N–H and O–H groups in total. The van der Waals surface area contributed by atoms with Crippen molar-refractivity contribution in [3.63, 3.8) is 0 Å². The van der Waals surface area contributed by atoms with Crippen LogP contribution in [0.3, 0.4) is 0 Å². The SMILES string of the molecule is CCCCC/C=C\C[C@@H](O)[C@H](O)CCCCCCCC(=O)OC[C@H](COP(=O)(O)OC[C@@H](O)COP(=O)(O)O)OC(=O)CCCCCCCCCCCCCCCCC(C)CC. The van der Waals surface area contributed by atoms with Crippen LogP contribution < -0.4 is 0 Å². The number of aliphatic hydroxyl groups is 3. The minimum absolute atomic E-state index is 0.0996. The second-order valence-electron chi connectivity index (χ2n) is 16.9. The highest BCUT2D eigenvalue weighted by atomic mass is 31.2. The van der Waals surface area contributed by atoms with Crippen LogP contribution in [0.2, 0.25) is 0 Å². The van der Waals surface area contributed by atoms with Gasteiger partial charge in [0.15, 0.2) is 6.10 Å². The molecule has 0 aromatic heterocycles. The number of ether oxygens (including phenoxy) is 2. The number of unbranched alkanes of at least 4 members (excludes halogenated alkanes) is 20. The van der Waals surface area contributed by atoms with E-state index in [0.29, 0.717) is 25.7 Å². The molecule has 2 unspecified atom stereocenters. The number of carbonyl (C=O) groups is 2. The third kappa shape index (κ3) is 41.5. The van der Waals surface area contributed by atoms with Crippen LogP contribution in [-0.4, -0.2) is 92.8 Å². The number of rotatable bonds is 45. The number of esters is 2. The Balaban J connectivity index is 4.54. The van der Waals surface area contributed by atoms with Crippen molar-refractivity contribution >= 4 is 27.6 Å². The van der Waals surface area contributed by atoms with E-state index in [9.17, 15) is 38.9 Å². The predicted molar refractivity (Wildman–Crippen MR) is 242 cm³/mol. The van der Waals surface area contributed by atoms with Gasteiger partial charge in [-0.25, -0.2) is 9.13 Å². The lowest BCUT2D eigenvalue weighted by Gasteiger charge is -2.20. The number of carbonyl (C=O) groups excluding carboxylic acids is 2. The second-order valence-corrected chi connectivity index (χ2v) is 19.6. The molecule has 0 saturated carbocycles. The average molecular weight is 931 g/mol. The normalized spacial score (nSPS) is 15.6. The minimum Gasteiger partial charge on any atom is -0.462 e. The van der Waals surface area contributed by atoms with Gasteiger partial charge in [-0.1, -0.05) is 168 Å². The number of phosphoric acid groups is 2. The van der Waals surface area contributed by atoms with Gasteiger partial charge >= 0.3 is 27.6 Å². The van der Waals surface area contributed by atoms with Gasteiger partial charge in [0.1, 0.15) is 12.7 Å². The fourth-order valence-corrected chi connectivity index (χ4v) is 7.86. The zero-order valence-electron chi connectivity index (χ0n) is 38.6. The molecule has 62 heavy (non-hydrogen) atoms. The summed E-state index contributed by atoms with van der Waals surface area (Å²) in [4.78, 5) is 52.8. The van der Waals surface area contributed by atoms with Crippen LogP contribution in [0.5, 0.6) is 0 Å². The van der Waals surface area contributed by atoms with Gasteiger partial charge in [0.05, 0.1) is 32.0 Å². The molecule has 368 valence electrons. The van der Waals surface area contributed by atoms with E-state index in [1.54, 1.807) is 0 Å². The molecule has 0 amide bonds. The Kier molecular flexibility index (Phi) is 39.3. The van der Waals surface area contributed by atoms with E-state index in [4.69, 9.17) is 23.8 Å². The van der Waals surface area contributed by atoms with Gasteiger partial charge in [0.2, 0.25) is 0 Å². The highest BCUT2D eigenvalue weighted by molar-refractivity contribution is 7.47. The van der Waals surface area contributed by atoms with Crippen LogP contribution in [0.1, 0.15) is 207 Å². The van der Waals surface area contributed by atoms with Crippen LogP contribution in [-0.2, 0) is 41.8 Å². The Labute approximate surface area is 374 Å². The molecule has 0 aromatic rings. The highest BCUT2D eigenvalue weighted by Crippen LogP contribution is 2.44. The van der Waals surface area contributed by atoms with Crippen molar-refractivity contribution in [2.24, 2.45) is 5.92 Å². The zero-order valence-corrected chi connectivity index (χ0v) is 40.4. The van der Waals surface area contributed by atoms with E-state index in [0.717, 1.165) is 76.5 Å². The molecule has 0 fully saturated rings. The maximum atomic E-state index is 12.7. The van der Waals surface area contributed by atoms with Crippen LogP contribution in [0.4, 0.5) is 0 Å². The molecular weight excluding hydrogens is 842 g/mol. The Morgan fingerprint density at radius 1 is 0.548 bits per heavy atom. The lowest BCUT2D eigenvalue weighted by Crippen LogP contribution is -2.30. The Morgan fingerprint density at radius 2 is 1.03 bits per heavy atom. The lowest BCUT2D eigenvalue weighted by molar-refractivity contribution is -0.161. The highest BCUT2D eigenvalue weighted by Gasteiger charge is 2.28. The molecule has 0 spiro atoms. The van der Waals surface area contributed by atoms with Gasteiger partial charge in [-0.15, -0.1) is 0 Å². The van der Waals surface area contributed by atoms with E-state index in [1.807, 2.05) is 6.08 Å². The summed E-state index contributed by atoms with van der Waals surface area (Å²) < 4.78 is 47.8. The summed E-state index contributed by atoms with van der Waals surface area (Å²) in [5, 5.41) is 30.2. The van der Waals surface area contributed by atoms with Gasteiger partial charge in [-0.05, 0) is 44.4 Å². The van der Waals surface area contributed by atoms with Crippen LogP contribution >= 0.6 is 15.6 Å². The topological polar surface area (TPSA) is 236 Å². The van der Waals surface area contributed by atoms with Crippen molar-refractivity contribution < 1.29 is 71.8 Å². The first-order valence-corrected chi connectivity index (χ1v) is 27.0. The average Bonchev–Trinajstić information content (AvgIpc) is 3.23. The third-order valence-electron chi connectivity index (χ3n) is 10.9. The van der Waals surface area contributed by atoms with Crippen molar-refractivity contribution in [1.29, 1.82) is 0 Å². The van der Waals surface area contributed by atoms with E-state index in [1.165, 1.54) is 77.0 Å². The first-order valence-electron chi connectivity index (χ1n) is 23.9. The van der Waals surface area contributed by atoms with Gasteiger partial charge in [0, 0.05) is 12.8 Å². The summed E-state index contributed by atoms with van der Waals surface area (Å²) in [6, 6.07) is 0. The fourth-order valence-electron chi connectivity index (χ4n) is 6.70. The molecular formula is C45H88O15P2. The number of phosphoric ester groups is 2. The standard InChI is InChI=1S/C45H88O15P2/c1-4-6-7-8-21-26-31-42(47)43(48)32-27-22-19-24-28-33-44(49)56-37-41(38-59-62(54,55)58-36-40(46)35-57-61(51,52)53)60-45(50)34-29-23-18-16-14-12-10-9-11-13-15-17-20-25-30-39(3)5-2/h21,26,39-43,46-48H,4-20,22-25,27-38H2,1-3H3,(H,54,55)(H2,51,52,53)/b26-21-/t39?,40-,41+,42+,43+/m0/s1. The summed E-state index contributed by atoms with van der Waals surface area (Å²) in [7, 11) is -9.72. The smallest absolute Gasteiger partial charge is 0.462 e.